The molecule has 2 aromatic carbocycles. The number of carbonyl (C=O) groups excluding carboxylic acids is 1. The lowest BCUT2D eigenvalue weighted by molar-refractivity contribution is -0.433. The molecule has 3 rings (SSSR count). The van der Waals surface area contributed by atoms with E-state index in [2.05, 4.69) is 12.1 Å². The third-order valence-corrected chi connectivity index (χ3v) is 4.21. The molecule has 23 heavy (non-hydrogen) atoms. The Morgan fingerprint density at radius 3 is 2.26 bits per heavy atom. The van der Waals surface area contributed by atoms with E-state index in [1.807, 2.05) is 60.6 Å². The molecule has 0 aromatic heterocycles. The first-order valence-electron chi connectivity index (χ1n) is 7.75. The summed E-state index contributed by atoms with van der Waals surface area (Å²) in [5.74, 6) is -0.933. The number of para-hydroxylation sites is 1. The van der Waals surface area contributed by atoms with E-state index in [0.717, 1.165) is 22.5 Å². The lowest BCUT2D eigenvalue weighted by atomic mass is 10.0. The molecular formula is C19H20N2O2. The fourth-order valence-electron chi connectivity index (χ4n) is 3.45. The standard InChI is InChI=1S/C19H20N2O2/c1-13-11-14(2)17(15(3)12-13)21-10-9-20(18(21)19(22)23)16-7-5-4-6-8-16/h4-8,11-12H,9-10H2,1-3H3. The van der Waals surface area contributed by atoms with E-state index in [9.17, 15) is 9.90 Å². The summed E-state index contributed by atoms with van der Waals surface area (Å²) >= 11 is 0. The number of aliphatic carboxylic acids is 1. The van der Waals surface area contributed by atoms with Crippen molar-refractivity contribution in [2.45, 2.75) is 20.8 Å². The fourth-order valence-corrected chi connectivity index (χ4v) is 3.45. The topological polar surface area (TPSA) is 46.4 Å². The molecule has 0 N–H and O–H groups in total. The van der Waals surface area contributed by atoms with E-state index >= 15 is 0 Å². The number of amidine groups is 1. The van der Waals surface area contributed by atoms with Crippen molar-refractivity contribution < 1.29 is 14.5 Å². The highest BCUT2D eigenvalue weighted by Gasteiger charge is 2.35. The van der Waals surface area contributed by atoms with Crippen LogP contribution in [0.5, 0.6) is 0 Å². The summed E-state index contributed by atoms with van der Waals surface area (Å²) in [5, 5.41) is 11.8. The van der Waals surface area contributed by atoms with Gasteiger partial charge in [-0.05, 0) is 44.0 Å². The summed E-state index contributed by atoms with van der Waals surface area (Å²) in [6.45, 7) is 7.34. The van der Waals surface area contributed by atoms with Gasteiger partial charge in [0.25, 0.3) is 0 Å². The van der Waals surface area contributed by atoms with Crippen LogP contribution in [0.1, 0.15) is 16.7 Å². The SMILES string of the molecule is Cc1cc(C)c([N+]2=C(C(=O)[O-])N(c3ccccc3)CC2)c(C)c1. The minimum Gasteiger partial charge on any atom is -0.538 e. The Bertz CT molecular complexity index is 771. The van der Waals surface area contributed by atoms with Crippen LogP contribution < -0.4 is 10.0 Å². The zero-order valence-corrected chi connectivity index (χ0v) is 13.7. The molecule has 0 amide bonds. The van der Waals surface area contributed by atoms with Crippen molar-refractivity contribution in [3.05, 3.63) is 59.2 Å². The number of rotatable bonds is 3. The molecule has 0 unspecified atom stereocenters. The van der Waals surface area contributed by atoms with Gasteiger partial charge in [0.2, 0.25) is 0 Å². The maximum absolute atomic E-state index is 11.8. The Morgan fingerprint density at radius 1 is 1.09 bits per heavy atom. The number of carbonyl (C=O) groups is 1. The molecule has 0 radical (unpaired) electrons. The molecule has 0 atom stereocenters. The first kappa shape index (κ1) is 15.3. The molecule has 4 heteroatoms. The molecule has 0 saturated carbocycles. The second-order valence-electron chi connectivity index (χ2n) is 6.00. The molecule has 0 fully saturated rings. The van der Waals surface area contributed by atoms with Gasteiger partial charge in [0, 0.05) is 0 Å². The van der Waals surface area contributed by atoms with E-state index in [-0.39, 0.29) is 5.84 Å². The predicted molar refractivity (Wildman–Crippen MR) is 89.2 cm³/mol. The average molecular weight is 308 g/mol. The minimum atomic E-state index is -1.15. The predicted octanol–water partition coefficient (Wildman–Crippen LogP) is 1.92. The lowest BCUT2D eigenvalue weighted by Gasteiger charge is -2.15. The molecule has 2 aromatic rings. The van der Waals surface area contributed by atoms with Crippen LogP contribution in [0.15, 0.2) is 42.5 Å². The first-order chi connectivity index (χ1) is 11.0. The average Bonchev–Trinajstić information content (AvgIpc) is 2.92. The van der Waals surface area contributed by atoms with Crippen molar-refractivity contribution in [2.24, 2.45) is 0 Å². The van der Waals surface area contributed by atoms with E-state index in [4.69, 9.17) is 0 Å². The Hall–Kier alpha value is -2.62. The van der Waals surface area contributed by atoms with Crippen molar-refractivity contribution in [1.29, 1.82) is 0 Å². The van der Waals surface area contributed by atoms with Crippen molar-refractivity contribution in [3.8, 4) is 0 Å². The van der Waals surface area contributed by atoms with Crippen molar-refractivity contribution in [3.63, 3.8) is 0 Å². The number of carboxylic acids is 1. The Kier molecular flexibility index (Phi) is 3.90. The molecule has 1 aliphatic rings. The Balaban J connectivity index is 2.17. The van der Waals surface area contributed by atoms with Crippen LogP contribution in [-0.2, 0) is 4.79 Å². The van der Waals surface area contributed by atoms with Crippen LogP contribution in [0, 0.1) is 20.8 Å². The summed E-state index contributed by atoms with van der Waals surface area (Å²) in [6, 6.07) is 13.7. The number of carboxylic acid groups (broad SMARTS) is 1. The summed E-state index contributed by atoms with van der Waals surface area (Å²) in [4.78, 5) is 13.6. The molecule has 4 nitrogen and oxygen atoms in total. The smallest absolute Gasteiger partial charge is 0.305 e. The number of hydrogen-bond donors (Lipinski definition) is 0. The van der Waals surface area contributed by atoms with Crippen LogP contribution in [0.3, 0.4) is 0 Å². The molecule has 0 aliphatic carbocycles. The third-order valence-electron chi connectivity index (χ3n) is 4.21. The maximum Gasteiger partial charge on any atom is 0.305 e. The van der Waals surface area contributed by atoms with Crippen LogP contribution in [0.4, 0.5) is 11.4 Å². The summed E-state index contributed by atoms with van der Waals surface area (Å²) in [7, 11) is 0. The van der Waals surface area contributed by atoms with Gasteiger partial charge in [-0.2, -0.15) is 0 Å². The van der Waals surface area contributed by atoms with Gasteiger partial charge in [0.05, 0.1) is 0 Å². The summed E-state index contributed by atoms with van der Waals surface area (Å²) < 4.78 is 1.87. The normalized spacial score (nSPS) is 14.5. The van der Waals surface area contributed by atoms with Gasteiger partial charge in [-0.15, -0.1) is 0 Å². The van der Waals surface area contributed by atoms with Crippen LogP contribution in [0.25, 0.3) is 0 Å². The van der Waals surface area contributed by atoms with Gasteiger partial charge in [-0.3, -0.25) is 0 Å². The van der Waals surface area contributed by atoms with Crippen molar-refractivity contribution in [2.75, 3.05) is 18.0 Å². The van der Waals surface area contributed by atoms with Crippen molar-refractivity contribution >= 4 is 23.2 Å². The third kappa shape index (κ3) is 2.72. The number of nitrogens with zero attached hydrogens (tertiary/aromatic N) is 2. The van der Waals surface area contributed by atoms with E-state index < -0.39 is 5.97 Å². The quantitative estimate of drug-likeness (QED) is 0.814. The molecule has 0 bridgehead atoms. The van der Waals surface area contributed by atoms with Gasteiger partial charge in [-0.25, -0.2) is 9.48 Å². The molecular weight excluding hydrogens is 288 g/mol. The van der Waals surface area contributed by atoms with Gasteiger partial charge in [-0.1, -0.05) is 35.9 Å². The van der Waals surface area contributed by atoms with Crippen LogP contribution in [-0.4, -0.2) is 29.5 Å². The van der Waals surface area contributed by atoms with E-state index in [0.29, 0.717) is 13.1 Å². The van der Waals surface area contributed by atoms with Gasteiger partial charge >= 0.3 is 5.84 Å². The largest absolute Gasteiger partial charge is 0.538 e. The van der Waals surface area contributed by atoms with E-state index in [1.165, 1.54) is 5.56 Å². The highest BCUT2D eigenvalue weighted by Crippen LogP contribution is 2.28. The highest BCUT2D eigenvalue weighted by atomic mass is 16.4. The highest BCUT2D eigenvalue weighted by molar-refractivity contribution is 6.37. The Labute approximate surface area is 136 Å². The summed E-state index contributed by atoms with van der Waals surface area (Å²) in [6.07, 6.45) is 0. The minimum absolute atomic E-state index is 0.214. The van der Waals surface area contributed by atoms with Crippen molar-refractivity contribution in [1.82, 2.24) is 0 Å². The van der Waals surface area contributed by atoms with Gasteiger partial charge in [0.15, 0.2) is 5.97 Å². The second-order valence-corrected chi connectivity index (χ2v) is 6.00. The number of benzene rings is 2. The second kappa shape index (κ2) is 5.88. The molecule has 0 spiro atoms. The lowest BCUT2D eigenvalue weighted by Crippen LogP contribution is -2.44. The molecule has 1 aliphatic heterocycles. The number of hydrogen-bond acceptors (Lipinski definition) is 3. The van der Waals surface area contributed by atoms with Gasteiger partial charge < -0.3 is 9.90 Å². The fraction of sp³-hybridized carbons (Fsp3) is 0.263. The zero-order chi connectivity index (χ0) is 16.6. The number of anilines is 1. The zero-order valence-electron chi connectivity index (χ0n) is 13.7. The monoisotopic (exact) mass is 308 g/mol. The Morgan fingerprint density at radius 2 is 1.70 bits per heavy atom. The number of aryl methyl sites for hydroxylation is 3. The van der Waals surface area contributed by atoms with Crippen LogP contribution >= 0.6 is 0 Å². The maximum atomic E-state index is 11.8. The molecule has 0 saturated heterocycles. The van der Waals surface area contributed by atoms with Crippen LogP contribution in [0.2, 0.25) is 0 Å². The molecule has 118 valence electrons. The van der Waals surface area contributed by atoms with Gasteiger partial charge in [0.1, 0.15) is 24.5 Å². The summed E-state index contributed by atoms with van der Waals surface area (Å²) in [5.41, 5.74) is 5.18. The first-order valence-corrected chi connectivity index (χ1v) is 7.75. The van der Waals surface area contributed by atoms with E-state index in [1.54, 1.807) is 0 Å². The molecule has 1 heterocycles.